The third kappa shape index (κ3) is 29.7. The van der Waals surface area contributed by atoms with Gasteiger partial charge in [-0.25, -0.2) is 9.13 Å². The highest BCUT2D eigenvalue weighted by molar-refractivity contribution is 7.47. The van der Waals surface area contributed by atoms with Gasteiger partial charge < -0.3 is 44.6 Å². The Balaban J connectivity index is 2.60. The number of unbranched alkanes of at least 4 members (excludes halogenated alkanes) is 23. The summed E-state index contributed by atoms with van der Waals surface area (Å²) in [6, 6.07) is 0. The third-order valence-corrected chi connectivity index (χ3v) is 12.3. The van der Waals surface area contributed by atoms with Gasteiger partial charge in [0.25, 0.3) is 0 Å². The molecule has 0 spiro atoms. The number of aliphatic hydroxyl groups is 4. The van der Waals surface area contributed by atoms with Crippen LogP contribution in [-0.4, -0.2) is 103 Å². The minimum atomic E-state index is -5.36. The van der Waals surface area contributed by atoms with Crippen molar-refractivity contribution in [3.05, 3.63) is 12.2 Å². The molecule has 0 amide bonds. The number of rotatable bonds is 39. The zero-order valence-corrected chi connectivity index (χ0v) is 38.9. The number of aliphatic hydroxyl groups excluding tert-OH is 4. The molecular weight excluding hydrogens is 834 g/mol. The predicted octanol–water partition coefficient (Wildman–Crippen LogP) is 8.40. The van der Waals surface area contributed by atoms with Crippen LogP contribution in [0.4, 0.5) is 0 Å². The van der Waals surface area contributed by atoms with Gasteiger partial charge in [0.1, 0.15) is 43.2 Å². The van der Waals surface area contributed by atoms with Crippen LogP contribution < -0.4 is 0 Å². The second-order valence-corrected chi connectivity index (χ2v) is 19.1. The summed E-state index contributed by atoms with van der Waals surface area (Å²) in [4.78, 5) is 54.2. The SMILES string of the molecule is CCCCCCC=CCCCCCCCC(=O)O[C@H](COC(=O)CCCCCCCCCCCCCCCCC)COP(=O)(O)O[C@H]1C(O)C(O)C(O)[C@@H](OP(=O)(O)O)C1O. The first-order chi connectivity index (χ1) is 29.1. The van der Waals surface area contributed by atoms with Crippen molar-refractivity contribution in [2.75, 3.05) is 13.2 Å². The summed E-state index contributed by atoms with van der Waals surface area (Å²) >= 11 is 0. The van der Waals surface area contributed by atoms with Crippen molar-refractivity contribution in [3.63, 3.8) is 0 Å². The van der Waals surface area contributed by atoms with Gasteiger partial charge in [0.15, 0.2) is 6.10 Å². The zero-order valence-electron chi connectivity index (χ0n) is 37.1. The normalized spacial score (nSPS) is 22.3. The lowest BCUT2D eigenvalue weighted by Gasteiger charge is -2.43. The van der Waals surface area contributed by atoms with Crippen molar-refractivity contribution in [1.29, 1.82) is 0 Å². The summed E-state index contributed by atoms with van der Waals surface area (Å²) in [7, 11) is -10.7. The van der Waals surface area contributed by atoms with E-state index in [1.165, 1.54) is 89.9 Å². The fourth-order valence-electron chi connectivity index (χ4n) is 7.20. The minimum Gasteiger partial charge on any atom is -0.462 e. The van der Waals surface area contributed by atoms with Crippen molar-refractivity contribution in [2.24, 2.45) is 0 Å². The van der Waals surface area contributed by atoms with E-state index >= 15 is 0 Å². The van der Waals surface area contributed by atoms with Crippen molar-refractivity contribution >= 4 is 27.6 Å². The zero-order chi connectivity index (χ0) is 45.4. The highest BCUT2D eigenvalue weighted by Gasteiger charge is 2.54. The molecular formula is C43H82O16P2. The fourth-order valence-corrected chi connectivity index (χ4v) is 8.74. The van der Waals surface area contributed by atoms with Crippen molar-refractivity contribution in [3.8, 4) is 0 Å². The summed E-state index contributed by atoms with van der Waals surface area (Å²) < 4.78 is 49.3. The number of allylic oxidation sites excluding steroid dienone is 2. The molecule has 18 heteroatoms. The smallest absolute Gasteiger partial charge is 0.462 e. The van der Waals surface area contributed by atoms with Crippen molar-refractivity contribution < 1.29 is 76.9 Å². The van der Waals surface area contributed by atoms with Gasteiger partial charge in [-0.05, 0) is 38.5 Å². The van der Waals surface area contributed by atoms with E-state index in [9.17, 15) is 44.0 Å². The Morgan fingerprint density at radius 3 is 1.36 bits per heavy atom. The molecule has 1 saturated carbocycles. The molecule has 0 heterocycles. The molecule has 5 unspecified atom stereocenters. The van der Waals surface area contributed by atoms with E-state index in [0.717, 1.165) is 64.2 Å². The Kier molecular flexibility index (Phi) is 33.2. The molecule has 1 fully saturated rings. The quantitative estimate of drug-likeness (QED) is 0.0132. The van der Waals surface area contributed by atoms with Crippen LogP contribution in [0.3, 0.4) is 0 Å². The Morgan fingerprint density at radius 1 is 0.508 bits per heavy atom. The maximum Gasteiger partial charge on any atom is 0.472 e. The number of esters is 2. The number of hydrogen-bond acceptors (Lipinski definition) is 13. The standard InChI is InChI=1S/C43H82O16P2/c1-3-5-7-9-11-13-15-17-18-20-21-23-25-27-29-31-36(44)55-33-35(57-37(45)32-30-28-26-24-22-19-16-14-12-10-8-6-4-2)34-56-61(53,54)59-43-40(48)38(46)39(47)42(41(43)49)58-60(50,51)52/h14,16,35,38-43,46-49H,3-13,15,17-34H2,1-2H3,(H,53,54)(H2,50,51,52)/t35-,38?,39?,40?,41?,42-,43+/m1/s1. The molecule has 0 aliphatic heterocycles. The van der Waals surface area contributed by atoms with Gasteiger partial charge in [-0.1, -0.05) is 154 Å². The van der Waals surface area contributed by atoms with Gasteiger partial charge in [0, 0.05) is 12.8 Å². The summed E-state index contributed by atoms with van der Waals surface area (Å²) in [5.74, 6) is -1.21. The number of ether oxygens (including phenoxy) is 2. The van der Waals surface area contributed by atoms with Gasteiger partial charge in [-0.15, -0.1) is 0 Å². The first-order valence-corrected chi connectivity index (χ1v) is 26.3. The van der Waals surface area contributed by atoms with E-state index in [-0.39, 0.29) is 12.8 Å². The van der Waals surface area contributed by atoms with E-state index in [1.807, 2.05) is 0 Å². The van der Waals surface area contributed by atoms with Crippen LogP contribution >= 0.6 is 15.6 Å². The van der Waals surface area contributed by atoms with E-state index in [4.69, 9.17) is 28.3 Å². The molecule has 0 bridgehead atoms. The van der Waals surface area contributed by atoms with Crippen LogP contribution in [0.15, 0.2) is 12.2 Å². The summed E-state index contributed by atoms with van der Waals surface area (Å²) in [6.45, 7) is 3.09. The maximum absolute atomic E-state index is 13.0. The Labute approximate surface area is 365 Å². The second kappa shape index (κ2) is 35.1. The average Bonchev–Trinajstić information content (AvgIpc) is 3.21. The number of phosphoric acid groups is 2. The molecule has 360 valence electrons. The van der Waals surface area contributed by atoms with Gasteiger partial charge in [-0.2, -0.15) is 0 Å². The fraction of sp³-hybridized carbons (Fsp3) is 0.907. The molecule has 0 radical (unpaired) electrons. The predicted molar refractivity (Wildman–Crippen MR) is 232 cm³/mol. The van der Waals surface area contributed by atoms with Crippen molar-refractivity contribution in [2.45, 2.75) is 236 Å². The van der Waals surface area contributed by atoms with Gasteiger partial charge in [0.05, 0.1) is 6.61 Å². The minimum absolute atomic E-state index is 0.0378. The second-order valence-electron chi connectivity index (χ2n) is 16.5. The molecule has 1 aliphatic carbocycles. The topological polar surface area (TPSA) is 256 Å². The highest BCUT2D eigenvalue weighted by Crippen LogP contribution is 2.49. The highest BCUT2D eigenvalue weighted by atomic mass is 31.2. The summed E-state index contributed by atoms with van der Waals surface area (Å²) in [6.07, 6.45) is 18.9. The Bertz CT molecular complexity index is 1250. The molecule has 16 nitrogen and oxygen atoms in total. The van der Waals surface area contributed by atoms with Gasteiger partial charge in [-0.3, -0.25) is 23.2 Å². The van der Waals surface area contributed by atoms with Crippen LogP contribution in [0.5, 0.6) is 0 Å². The first-order valence-electron chi connectivity index (χ1n) is 23.2. The third-order valence-electron chi connectivity index (χ3n) is 10.8. The average molecular weight is 917 g/mol. The molecule has 0 saturated heterocycles. The summed E-state index contributed by atoms with van der Waals surface area (Å²) in [5.41, 5.74) is 0. The molecule has 1 aliphatic rings. The van der Waals surface area contributed by atoms with Crippen LogP contribution in [-0.2, 0) is 41.8 Å². The lowest BCUT2D eigenvalue weighted by atomic mass is 9.85. The van der Waals surface area contributed by atoms with Gasteiger partial charge in [0.2, 0.25) is 0 Å². The molecule has 0 aromatic heterocycles. The van der Waals surface area contributed by atoms with Crippen LogP contribution in [0.1, 0.15) is 194 Å². The van der Waals surface area contributed by atoms with Crippen LogP contribution in [0.2, 0.25) is 0 Å². The first kappa shape index (κ1) is 57.8. The molecule has 8 atom stereocenters. The summed E-state index contributed by atoms with van der Waals surface area (Å²) in [5, 5.41) is 41.2. The lowest BCUT2D eigenvalue weighted by Crippen LogP contribution is -2.64. The number of hydrogen-bond donors (Lipinski definition) is 7. The Morgan fingerprint density at radius 2 is 0.902 bits per heavy atom. The monoisotopic (exact) mass is 917 g/mol. The number of phosphoric ester groups is 2. The van der Waals surface area contributed by atoms with E-state index in [1.54, 1.807) is 0 Å². The molecule has 1 rings (SSSR count). The van der Waals surface area contributed by atoms with E-state index in [2.05, 4.69) is 30.5 Å². The largest absolute Gasteiger partial charge is 0.472 e. The molecule has 61 heavy (non-hydrogen) atoms. The van der Waals surface area contributed by atoms with Crippen LogP contribution in [0.25, 0.3) is 0 Å². The molecule has 7 N–H and O–H groups in total. The maximum atomic E-state index is 13.0. The Hall–Kier alpha value is -1.26. The number of carbonyl (C=O) groups excluding carboxylic acids is 2. The van der Waals surface area contributed by atoms with Crippen LogP contribution in [0, 0.1) is 0 Å². The van der Waals surface area contributed by atoms with E-state index < -0.39 is 83.5 Å². The molecule has 0 aromatic rings. The van der Waals surface area contributed by atoms with Crippen molar-refractivity contribution in [1.82, 2.24) is 0 Å². The van der Waals surface area contributed by atoms with Gasteiger partial charge >= 0.3 is 27.6 Å². The van der Waals surface area contributed by atoms with E-state index in [0.29, 0.717) is 12.8 Å². The molecule has 0 aromatic carbocycles. The lowest BCUT2D eigenvalue weighted by molar-refractivity contribution is -0.216. The number of carbonyl (C=O) groups is 2.